The van der Waals surface area contributed by atoms with Gasteiger partial charge in [-0.2, -0.15) is 0 Å². The van der Waals surface area contributed by atoms with E-state index < -0.39 is 17.5 Å². The van der Waals surface area contributed by atoms with Gasteiger partial charge in [0.25, 0.3) is 0 Å². The monoisotopic (exact) mass is 170 g/mol. The van der Waals surface area contributed by atoms with Crippen molar-refractivity contribution in [1.29, 1.82) is 0 Å². The Labute approximate surface area is 72.7 Å². The van der Waals surface area contributed by atoms with Crippen LogP contribution in [0.4, 0.5) is 0 Å². The first-order chi connectivity index (χ1) is 5.46. The summed E-state index contributed by atoms with van der Waals surface area (Å²) in [6.07, 6.45) is 5.07. The molecule has 3 heteroatoms. The van der Waals surface area contributed by atoms with Gasteiger partial charge in [0.05, 0.1) is 12.5 Å². The van der Waals surface area contributed by atoms with Crippen molar-refractivity contribution in [2.75, 3.05) is 6.61 Å². The zero-order valence-electron chi connectivity index (χ0n) is 7.63. The predicted octanol–water partition coefficient (Wildman–Crippen LogP) is 0.570. The van der Waals surface area contributed by atoms with Gasteiger partial charge in [0.2, 0.25) is 0 Å². The minimum Gasteiger partial charge on any atom is -0.464 e. The lowest BCUT2D eigenvalue weighted by Crippen LogP contribution is -2.42. The molecule has 0 aromatic heterocycles. The van der Waals surface area contributed by atoms with Crippen LogP contribution in [0.1, 0.15) is 20.8 Å². The van der Waals surface area contributed by atoms with E-state index in [1.165, 1.54) is 6.92 Å². The summed E-state index contributed by atoms with van der Waals surface area (Å²) in [7, 11) is 0. The summed E-state index contributed by atoms with van der Waals surface area (Å²) in [5, 5.41) is 9.57. The Hall–Kier alpha value is -1.01. The third kappa shape index (κ3) is 2.24. The maximum absolute atomic E-state index is 11.1. The topological polar surface area (TPSA) is 46.5 Å². The Morgan fingerprint density at radius 2 is 2.33 bits per heavy atom. The van der Waals surface area contributed by atoms with E-state index in [9.17, 15) is 9.90 Å². The molecule has 0 bridgehead atoms. The smallest absolute Gasteiger partial charge is 0.339 e. The van der Waals surface area contributed by atoms with Crippen LogP contribution in [0.15, 0.2) is 0 Å². The second-order valence-corrected chi connectivity index (χ2v) is 2.76. The Balaban J connectivity index is 4.40. The zero-order valence-corrected chi connectivity index (χ0v) is 7.63. The molecule has 0 saturated heterocycles. The minimum absolute atomic E-state index is 0.242. The van der Waals surface area contributed by atoms with Crippen LogP contribution in [0, 0.1) is 18.3 Å². The maximum atomic E-state index is 11.1. The van der Waals surface area contributed by atoms with E-state index in [-0.39, 0.29) is 6.61 Å². The van der Waals surface area contributed by atoms with E-state index in [4.69, 9.17) is 6.42 Å². The van der Waals surface area contributed by atoms with Crippen molar-refractivity contribution in [2.24, 2.45) is 5.92 Å². The molecule has 0 heterocycles. The van der Waals surface area contributed by atoms with Gasteiger partial charge in [-0.3, -0.25) is 0 Å². The van der Waals surface area contributed by atoms with Crippen LogP contribution < -0.4 is 0 Å². The van der Waals surface area contributed by atoms with Crippen molar-refractivity contribution < 1.29 is 14.6 Å². The fourth-order valence-electron chi connectivity index (χ4n) is 0.616. The van der Waals surface area contributed by atoms with Crippen LogP contribution >= 0.6 is 0 Å². The lowest BCUT2D eigenvalue weighted by molar-refractivity contribution is -0.166. The highest BCUT2D eigenvalue weighted by atomic mass is 16.5. The van der Waals surface area contributed by atoms with Crippen LogP contribution in [0.5, 0.6) is 0 Å². The number of ether oxygens (including phenoxy) is 1. The van der Waals surface area contributed by atoms with E-state index in [1.807, 2.05) is 0 Å². The fourth-order valence-corrected chi connectivity index (χ4v) is 0.616. The van der Waals surface area contributed by atoms with Crippen LogP contribution in [0.25, 0.3) is 0 Å². The van der Waals surface area contributed by atoms with E-state index in [1.54, 1.807) is 13.8 Å². The molecular weight excluding hydrogens is 156 g/mol. The van der Waals surface area contributed by atoms with Gasteiger partial charge in [-0.1, -0.05) is 5.92 Å². The molecule has 0 amide bonds. The first kappa shape index (κ1) is 11.0. The molecule has 0 aliphatic rings. The average Bonchev–Trinajstić information content (AvgIpc) is 2.03. The Bertz CT molecular complexity index is 200. The second kappa shape index (κ2) is 4.13. The highest BCUT2D eigenvalue weighted by Crippen LogP contribution is 2.17. The second-order valence-electron chi connectivity index (χ2n) is 2.76. The molecule has 0 fully saturated rings. The lowest BCUT2D eigenvalue weighted by Gasteiger charge is -2.23. The van der Waals surface area contributed by atoms with Gasteiger partial charge in [-0.05, 0) is 20.8 Å². The third-order valence-corrected chi connectivity index (χ3v) is 1.78. The zero-order chi connectivity index (χ0) is 9.78. The summed E-state index contributed by atoms with van der Waals surface area (Å²) in [5.74, 6) is 1.08. The molecular formula is C9H14O3. The molecule has 0 aliphatic heterocycles. The number of carbonyl (C=O) groups is 1. The maximum Gasteiger partial charge on any atom is 0.339 e. The summed E-state index contributed by atoms with van der Waals surface area (Å²) >= 11 is 0. The van der Waals surface area contributed by atoms with Crippen molar-refractivity contribution in [3.63, 3.8) is 0 Å². The van der Waals surface area contributed by atoms with E-state index in [2.05, 4.69) is 10.7 Å². The number of terminal acetylenes is 1. The summed E-state index contributed by atoms with van der Waals surface area (Å²) in [4.78, 5) is 11.1. The van der Waals surface area contributed by atoms with Crippen molar-refractivity contribution >= 4 is 5.97 Å². The molecule has 0 aliphatic carbocycles. The normalized spacial score (nSPS) is 17.2. The first-order valence-corrected chi connectivity index (χ1v) is 3.82. The molecule has 3 nitrogen and oxygen atoms in total. The largest absolute Gasteiger partial charge is 0.464 e. The third-order valence-electron chi connectivity index (χ3n) is 1.78. The highest BCUT2D eigenvalue weighted by Gasteiger charge is 2.37. The van der Waals surface area contributed by atoms with Gasteiger partial charge in [0.15, 0.2) is 5.60 Å². The van der Waals surface area contributed by atoms with E-state index >= 15 is 0 Å². The molecule has 0 saturated carbocycles. The van der Waals surface area contributed by atoms with Crippen LogP contribution in [-0.2, 0) is 9.53 Å². The lowest BCUT2D eigenvalue weighted by atomic mass is 9.92. The molecule has 12 heavy (non-hydrogen) atoms. The van der Waals surface area contributed by atoms with Gasteiger partial charge >= 0.3 is 5.97 Å². The molecule has 2 atom stereocenters. The summed E-state index contributed by atoms with van der Waals surface area (Å²) in [6, 6.07) is 0. The number of hydrogen-bond donors (Lipinski definition) is 1. The van der Waals surface area contributed by atoms with Gasteiger partial charge in [0, 0.05) is 0 Å². The number of aliphatic hydroxyl groups is 1. The van der Waals surface area contributed by atoms with Crippen molar-refractivity contribution in [2.45, 2.75) is 26.4 Å². The first-order valence-electron chi connectivity index (χ1n) is 3.82. The van der Waals surface area contributed by atoms with Crippen molar-refractivity contribution in [1.82, 2.24) is 0 Å². The Morgan fingerprint density at radius 1 is 1.83 bits per heavy atom. The predicted molar refractivity (Wildman–Crippen MR) is 45.3 cm³/mol. The fraction of sp³-hybridized carbons (Fsp3) is 0.667. The number of rotatable bonds is 3. The molecule has 0 radical (unpaired) electrons. The highest BCUT2D eigenvalue weighted by molar-refractivity contribution is 5.79. The van der Waals surface area contributed by atoms with Crippen molar-refractivity contribution in [3.05, 3.63) is 0 Å². The van der Waals surface area contributed by atoms with Gasteiger partial charge in [-0.25, -0.2) is 4.79 Å². The molecule has 0 unspecified atom stereocenters. The summed E-state index contributed by atoms with van der Waals surface area (Å²) in [5.41, 5.74) is -1.58. The van der Waals surface area contributed by atoms with Crippen LogP contribution in [-0.4, -0.2) is 23.3 Å². The summed E-state index contributed by atoms with van der Waals surface area (Å²) < 4.78 is 4.65. The minimum atomic E-state index is -1.58. The number of hydrogen-bond acceptors (Lipinski definition) is 3. The SMILES string of the molecule is C#C[C@H](C)[C@](C)(O)C(=O)OCC. The molecule has 0 rings (SSSR count). The van der Waals surface area contributed by atoms with Crippen LogP contribution in [0.2, 0.25) is 0 Å². The number of esters is 1. The van der Waals surface area contributed by atoms with Crippen molar-refractivity contribution in [3.8, 4) is 12.3 Å². The Kier molecular flexibility index (Phi) is 3.78. The summed E-state index contributed by atoms with van der Waals surface area (Å²) in [6.45, 7) is 4.87. The molecule has 68 valence electrons. The van der Waals surface area contributed by atoms with E-state index in [0.717, 1.165) is 0 Å². The average molecular weight is 170 g/mol. The van der Waals surface area contributed by atoms with Gasteiger partial charge in [0.1, 0.15) is 0 Å². The number of carbonyl (C=O) groups excluding carboxylic acids is 1. The quantitative estimate of drug-likeness (QED) is 0.497. The molecule has 0 spiro atoms. The molecule has 0 aromatic rings. The molecule has 0 aromatic carbocycles. The standard InChI is InChI=1S/C9H14O3/c1-5-7(3)9(4,11)8(10)12-6-2/h1,7,11H,6H2,2-4H3/t7-,9-/m0/s1. The van der Waals surface area contributed by atoms with Gasteiger partial charge < -0.3 is 9.84 Å². The Morgan fingerprint density at radius 3 is 2.67 bits per heavy atom. The van der Waals surface area contributed by atoms with E-state index in [0.29, 0.717) is 0 Å². The van der Waals surface area contributed by atoms with Crippen LogP contribution in [0.3, 0.4) is 0 Å². The molecule has 1 N–H and O–H groups in total. The van der Waals surface area contributed by atoms with Gasteiger partial charge in [-0.15, -0.1) is 6.42 Å².